The van der Waals surface area contributed by atoms with E-state index in [0.29, 0.717) is 17.0 Å². The average Bonchev–Trinajstić information content (AvgIpc) is 2.76. The second-order valence-corrected chi connectivity index (χ2v) is 5.27. The Hall–Kier alpha value is -2.36. The summed E-state index contributed by atoms with van der Waals surface area (Å²) in [4.78, 5) is 4.29. The number of anilines is 1. The first-order valence-electron chi connectivity index (χ1n) is 7.14. The lowest BCUT2D eigenvalue weighted by atomic mass is 10.1. The first-order chi connectivity index (χ1) is 10.1. The highest BCUT2D eigenvalue weighted by Crippen LogP contribution is 2.27. The first-order valence-corrected chi connectivity index (χ1v) is 7.14. The molecule has 108 valence electrons. The number of hydrogen-bond donors (Lipinski definition) is 1. The molecule has 3 aromatic rings. The van der Waals surface area contributed by atoms with Gasteiger partial charge in [0.2, 0.25) is 5.95 Å². The molecular formula is C17H18FN3. The lowest BCUT2D eigenvalue weighted by Gasteiger charge is -2.12. The van der Waals surface area contributed by atoms with Gasteiger partial charge in [0.05, 0.1) is 16.7 Å². The van der Waals surface area contributed by atoms with E-state index in [1.165, 1.54) is 11.6 Å². The molecule has 1 aromatic heterocycles. The number of nitrogens with zero attached hydrogens (tertiary/aromatic N) is 2. The van der Waals surface area contributed by atoms with Crippen LogP contribution in [-0.4, -0.2) is 9.55 Å². The highest BCUT2D eigenvalue weighted by Gasteiger charge is 2.14. The minimum absolute atomic E-state index is 0.256. The van der Waals surface area contributed by atoms with Gasteiger partial charge in [0, 0.05) is 6.07 Å². The molecule has 0 atom stereocenters. The summed E-state index contributed by atoms with van der Waals surface area (Å²) in [5, 5.41) is 0. The van der Waals surface area contributed by atoms with Crippen molar-refractivity contribution >= 4 is 17.0 Å². The molecule has 0 fully saturated rings. The molecule has 0 amide bonds. The van der Waals surface area contributed by atoms with Gasteiger partial charge in [-0.05, 0) is 36.6 Å². The van der Waals surface area contributed by atoms with Gasteiger partial charge in [0.15, 0.2) is 0 Å². The van der Waals surface area contributed by atoms with E-state index >= 15 is 0 Å². The fraction of sp³-hybridized carbons (Fsp3) is 0.235. The molecule has 0 aliphatic rings. The monoisotopic (exact) mass is 283 g/mol. The Morgan fingerprint density at radius 2 is 2.00 bits per heavy atom. The van der Waals surface area contributed by atoms with Crippen LogP contribution in [-0.2, 0) is 6.42 Å². The van der Waals surface area contributed by atoms with Crippen LogP contribution in [0.2, 0.25) is 0 Å². The van der Waals surface area contributed by atoms with E-state index in [2.05, 4.69) is 18.0 Å². The van der Waals surface area contributed by atoms with Crippen LogP contribution >= 0.6 is 0 Å². The van der Waals surface area contributed by atoms with Gasteiger partial charge in [0.1, 0.15) is 5.82 Å². The predicted octanol–water partition coefficient (Wildman–Crippen LogP) is 4.01. The Kier molecular flexibility index (Phi) is 3.37. The topological polar surface area (TPSA) is 43.8 Å². The van der Waals surface area contributed by atoms with Gasteiger partial charge in [-0.2, -0.15) is 0 Å². The summed E-state index contributed by atoms with van der Waals surface area (Å²) in [6, 6.07) is 11.4. The Morgan fingerprint density at radius 3 is 2.76 bits per heavy atom. The van der Waals surface area contributed by atoms with Crippen molar-refractivity contribution in [1.82, 2.24) is 9.55 Å². The third-order valence-electron chi connectivity index (χ3n) is 3.71. The highest BCUT2D eigenvalue weighted by molar-refractivity contribution is 5.82. The fourth-order valence-corrected chi connectivity index (χ4v) is 2.68. The number of nitrogen functional groups attached to an aromatic ring is 1. The maximum atomic E-state index is 13.7. The van der Waals surface area contributed by atoms with E-state index in [-0.39, 0.29) is 5.82 Å². The Morgan fingerprint density at radius 1 is 1.24 bits per heavy atom. The van der Waals surface area contributed by atoms with Crippen molar-refractivity contribution in [2.24, 2.45) is 0 Å². The van der Waals surface area contributed by atoms with Gasteiger partial charge in [-0.1, -0.05) is 31.5 Å². The number of aromatic nitrogens is 2. The number of nitrogens with two attached hydrogens (primary N) is 1. The Bertz CT molecular complexity index is 805. The van der Waals surface area contributed by atoms with Crippen molar-refractivity contribution in [1.29, 1.82) is 0 Å². The van der Waals surface area contributed by atoms with Gasteiger partial charge in [-0.3, -0.25) is 4.57 Å². The molecule has 0 saturated heterocycles. The van der Waals surface area contributed by atoms with Crippen LogP contribution in [0.1, 0.15) is 24.5 Å². The molecule has 0 bridgehead atoms. The van der Waals surface area contributed by atoms with Gasteiger partial charge < -0.3 is 5.73 Å². The SMILES string of the molecule is CCCc1ccccc1-n1c(N)nc2cc(F)c(C)cc21. The summed E-state index contributed by atoms with van der Waals surface area (Å²) in [5.74, 6) is 0.132. The predicted molar refractivity (Wildman–Crippen MR) is 84.2 cm³/mol. The van der Waals surface area contributed by atoms with E-state index in [9.17, 15) is 4.39 Å². The van der Waals surface area contributed by atoms with Crippen molar-refractivity contribution in [2.75, 3.05) is 5.73 Å². The quantitative estimate of drug-likeness (QED) is 0.789. The summed E-state index contributed by atoms with van der Waals surface area (Å²) >= 11 is 0. The van der Waals surface area contributed by atoms with Crippen molar-refractivity contribution in [3.63, 3.8) is 0 Å². The minimum atomic E-state index is -0.256. The molecule has 1 heterocycles. The number of hydrogen-bond acceptors (Lipinski definition) is 2. The zero-order chi connectivity index (χ0) is 15.0. The molecule has 0 aliphatic heterocycles. The molecule has 0 radical (unpaired) electrons. The third kappa shape index (κ3) is 2.27. The molecule has 2 N–H and O–H groups in total. The lowest BCUT2D eigenvalue weighted by molar-refractivity contribution is 0.620. The standard InChI is InChI=1S/C17H18FN3/c1-3-6-12-7-4-5-8-15(12)21-16-9-11(2)13(18)10-14(16)20-17(21)19/h4-5,7-10H,3,6H2,1-2H3,(H2,19,20). The van der Waals surface area contributed by atoms with E-state index < -0.39 is 0 Å². The molecule has 4 heteroatoms. The van der Waals surface area contributed by atoms with Crippen LogP contribution in [0.3, 0.4) is 0 Å². The van der Waals surface area contributed by atoms with Crippen LogP contribution in [0.4, 0.5) is 10.3 Å². The van der Waals surface area contributed by atoms with Crippen molar-refractivity contribution < 1.29 is 4.39 Å². The third-order valence-corrected chi connectivity index (χ3v) is 3.71. The molecule has 3 nitrogen and oxygen atoms in total. The first kappa shape index (κ1) is 13.6. The summed E-state index contributed by atoms with van der Waals surface area (Å²) in [5.41, 5.74) is 10.3. The second kappa shape index (κ2) is 5.20. The van der Waals surface area contributed by atoms with Crippen LogP contribution in [0.15, 0.2) is 36.4 Å². The van der Waals surface area contributed by atoms with E-state index in [1.807, 2.05) is 22.8 Å². The van der Waals surface area contributed by atoms with Gasteiger partial charge in [-0.25, -0.2) is 9.37 Å². The highest BCUT2D eigenvalue weighted by atomic mass is 19.1. The van der Waals surface area contributed by atoms with E-state index in [0.717, 1.165) is 24.0 Å². The number of rotatable bonds is 3. The van der Waals surface area contributed by atoms with Crippen LogP contribution in [0, 0.1) is 12.7 Å². The molecule has 0 aliphatic carbocycles. The number of imidazole rings is 1. The second-order valence-electron chi connectivity index (χ2n) is 5.27. The zero-order valence-electron chi connectivity index (χ0n) is 12.2. The summed E-state index contributed by atoms with van der Waals surface area (Å²) in [6.07, 6.45) is 2.02. The molecule has 0 spiro atoms. The Labute approximate surface area is 123 Å². The normalized spacial score (nSPS) is 11.2. The van der Waals surface area contributed by atoms with Crippen LogP contribution in [0.5, 0.6) is 0 Å². The Balaban J connectivity index is 2.30. The smallest absolute Gasteiger partial charge is 0.205 e. The summed E-state index contributed by atoms with van der Waals surface area (Å²) < 4.78 is 15.6. The molecule has 21 heavy (non-hydrogen) atoms. The molecule has 2 aromatic carbocycles. The maximum Gasteiger partial charge on any atom is 0.205 e. The van der Waals surface area contributed by atoms with Crippen molar-refractivity contribution in [2.45, 2.75) is 26.7 Å². The fourth-order valence-electron chi connectivity index (χ4n) is 2.68. The largest absolute Gasteiger partial charge is 0.369 e. The molecular weight excluding hydrogens is 265 g/mol. The van der Waals surface area contributed by atoms with Gasteiger partial charge in [0.25, 0.3) is 0 Å². The van der Waals surface area contributed by atoms with Crippen molar-refractivity contribution in [3.8, 4) is 5.69 Å². The summed E-state index contributed by atoms with van der Waals surface area (Å²) in [6.45, 7) is 3.89. The average molecular weight is 283 g/mol. The number of benzene rings is 2. The van der Waals surface area contributed by atoms with Crippen molar-refractivity contribution in [3.05, 3.63) is 53.3 Å². The summed E-state index contributed by atoms with van der Waals surface area (Å²) in [7, 11) is 0. The van der Waals surface area contributed by atoms with Crippen LogP contribution < -0.4 is 5.73 Å². The zero-order valence-corrected chi connectivity index (χ0v) is 12.2. The van der Waals surface area contributed by atoms with Crippen LogP contribution in [0.25, 0.3) is 16.7 Å². The lowest BCUT2D eigenvalue weighted by Crippen LogP contribution is -2.04. The number of fused-ring (bicyclic) bond motifs is 1. The number of aryl methyl sites for hydroxylation is 2. The van der Waals surface area contributed by atoms with Gasteiger partial charge in [-0.15, -0.1) is 0 Å². The van der Waals surface area contributed by atoms with E-state index in [1.54, 1.807) is 13.0 Å². The number of para-hydroxylation sites is 1. The maximum absolute atomic E-state index is 13.7. The molecule has 0 unspecified atom stereocenters. The van der Waals surface area contributed by atoms with Gasteiger partial charge >= 0.3 is 0 Å². The molecule has 3 rings (SSSR count). The van der Waals surface area contributed by atoms with E-state index in [4.69, 9.17) is 5.73 Å². The minimum Gasteiger partial charge on any atom is -0.369 e. The molecule has 0 saturated carbocycles. The number of halogens is 1.